The molecular formula is C27H32N2O3. The molecule has 2 aromatic carbocycles. The molecule has 1 aliphatic rings. The minimum Gasteiger partial charge on any atom is -0.496 e. The van der Waals surface area contributed by atoms with E-state index in [-0.39, 0.29) is 5.91 Å². The lowest BCUT2D eigenvalue weighted by molar-refractivity contribution is -0.127. The van der Waals surface area contributed by atoms with Gasteiger partial charge >= 0.3 is 0 Å². The van der Waals surface area contributed by atoms with Crippen molar-refractivity contribution in [1.82, 2.24) is 9.80 Å². The second-order valence-electron chi connectivity index (χ2n) is 8.56. The summed E-state index contributed by atoms with van der Waals surface area (Å²) in [4.78, 5) is 17.3. The number of benzene rings is 2. The molecule has 2 heterocycles. The SMILES string of the molecule is CCN1CCN(C(=O)/C=C(\C)c2cc3c(-c4ccc(C)cc4)coc3c(C)c2OC)CC1. The average Bonchev–Trinajstić information content (AvgIpc) is 3.24. The Balaban J connectivity index is 1.72. The monoisotopic (exact) mass is 432 g/mol. The molecule has 0 atom stereocenters. The van der Waals surface area contributed by atoms with Crippen LogP contribution in [0.25, 0.3) is 27.7 Å². The minimum atomic E-state index is 0.0593. The van der Waals surface area contributed by atoms with Crippen LogP contribution in [0.3, 0.4) is 0 Å². The molecular weight excluding hydrogens is 400 g/mol. The standard InChI is InChI=1S/C27H32N2O3/c1-6-28-11-13-29(14-12-28)25(30)15-19(3)22-16-23-24(21-9-7-18(2)8-10-21)17-32-27(23)20(4)26(22)31-5/h7-10,15-17H,6,11-14H2,1-5H3/b19-15+. The van der Waals surface area contributed by atoms with E-state index in [0.29, 0.717) is 0 Å². The number of furan rings is 1. The van der Waals surface area contributed by atoms with Gasteiger partial charge in [-0.3, -0.25) is 4.79 Å². The van der Waals surface area contributed by atoms with Crippen molar-refractivity contribution in [3.63, 3.8) is 0 Å². The number of methoxy groups -OCH3 is 1. The van der Waals surface area contributed by atoms with Crippen LogP contribution in [-0.2, 0) is 4.79 Å². The van der Waals surface area contributed by atoms with Gasteiger partial charge in [-0.2, -0.15) is 0 Å². The maximum absolute atomic E-state index is 13.0. The molecule has 0 aliphatic carbocycles. The van der Waals surface area contributed by atoms with Gasteiger partial charge in [0.1, 0.15) is 11.3 Å². The van der Waals surface area contributed by atoms with Gasteiger partial charge in [-0.1, -0.05) is 36.8 Å². The van der Waals surface area contributed by atoms with Crippen LogP contribution in [0, 0.1) is 13.8 Å². The van der Waals surface area contributed by atoms with E-state index in [1.165, 1.54) is 5.56 Å². The molecule has 168 valence electrons. The van der Waals surface area contributed by atoms with E-state index >= 15 is 0 Å². The summed E-state index contributed by atoms with van der Waals surface area (Å²) in [6, 6.07) is 10.5. The lowest BCUT2D eigenvalue weighted by atomic mass is 9.96. The van der Waals surface area contributed by atoms with E-state index in [1.54, 1.807) is 13.2 Å². The Morgan fingerprint density at radius 3 is 2.44 bits per heavy atom. The van der Waals surface area contributed by atoms with Gasteiger partial charge < -0.3 is 19.0 Å². The number of piperazine rings is 1. The summed E-state index contributed by atoms with van der Waals surface area (Å²) in [5.74, 6) is 0.809. The zero-order valence-electron chi connectivity index (χ0n) is 19.7. The smallest absolute Gasteiger partial charge is 0.246 e. The van der Waals surface area contributed by atoms with Crippen molar-refractivity contribution in [2.45, 2.75) is 27.7 Å². The number of aryl methyl sites for hydroxylation is 2. The number of ether oxygens (including phenoxy) is 1. The number of carbonyl (C=O) groups excluding carboxylic acids is 1. The quantitative estimate of drug-likeness (QED) is 0.514. The largest absolute Gasteiger partial charge is 0.496 e. The Morgan fingerprint density at radius 1 is 1.12 bits per heavy atom. The van der Waals surface area contributed by atoms with Crippen LogP contribution in [0.15, 0.2) is 47.1 Å². The zero-order chi connectivity index (χ0) is 22.8. The molecule has 5 nitrogen and oxygen atoms in total. The van der Waals surface area contributed by atoms with Gasteiger partial charge in [0.2, 0.25) is 5.91 Å². The summed E-state index contributed by atoms with van der Waals surface area (Å²) in [6.45, 7) is 12.7. The first-order valence-corrected chi connectivity index (χ1v) is 11.3. The van der Waals surface area contributed by atoms with Crippen molar-refractivity contribution in [3.8, 4) is 16.9 Å². The van der Waals surface area contributed by atoms with Crippen molar-refractivity contribution >= 4 is 22.4 Å². The van der Waals surface area contributed by atoms with Crippen molar-refractivity contribution in [1.29, 1.82) is 0 Å². The maximum atomic E-state index is 13.0. The van der Waals surface area contributed by atoms with Gasteiger partial charge in [0.15, 0.2) is 0 Å². The van der Waals surface area contributed by atoms with Gasteiger partial charge in [-0.15, -0.1) is 0 Å². The van der Waals surface area contributed by atoms with Crippen molar-refractivity contribution in [2.24, 2.45) is 0 Å². The van der Waals surface area contributed by atoms with Crippen LogP contribution in [0.5, 0.6) is 5.75 Å². The van der Waals surface area contributed by atoms with Crippen LogP contribution in [0.4, 0.5) is 0 Å². The van der Waals surface area contributed by atoms with Gasteiger partial charge in [-0.25, -0.2) is 0 Å². The summed E-state index contributed by atoms with van der Waals surface area (Å²) >= 11 is 0. The molecule has 0 bridgehead atoms. The first-order chi connectivity index (χ1) is 15.4. The average molecular weight is 433 g/mol. The molecule has 4 rings (SSSR count). The van der Waals surface area contributed by atoms with Crippen LogP contribution < -0.4 is 4.74 Å². The molecule has 1 aromatic heterocycles. The Kier molecular flexibility index (Phi) is 6.38. The molecule has 0 saturated carbocycles. The summed E-state index contributed by atoms with van der Waals surface area (Å²) in [7, 11) is 1.67. The van der Waals surface area contributed by atoms with Gasteiger partial charge in [0.25, 0.3) is 0 Å². The predicted octanol–water partition coefficient (Wildman–Crippen LogP) is 5.29. The van der Waals surface area contributed by atoms with E-state index in [1.807, 2.05) is 25.0 Å². The van der Waals surface area contributed by atoms with Crippen LogP contribution in [0.1, 0.15) is 30.5 Å². The first-order valence-electron chi connectivity index (χ1n) is 11.3. The Labute approximate surface area is 190 Å². The highest BCUT2D eigenvalue weighted by Crippen LogP contribution is 2.40. The van der Waals surface area contributed by atoms with Gasteiger partial charge in [0, 0.05) is 54.3 Å². The fraction of sp³-hybridized carbons (Fsp3) is 0.370. The number of allylic oxidation sites excluding steroid dienone is 1. The first kappa shape index (κ1) is 22.2. The molecule has 0 radical (unpaired) electrons. The molecule has 5 heteroatoms. The number of hydrogen-bond acceptors (Lipinski definition) is 4. The highest BCUT2D eigenvalue weighted by Gasteiger charge is 2.21. The van der Waals surface area contributed by atoms with Crippen LogP contribution in [-0.4, -0.2) is 55.5 Å². The number of carbonyl (C=O) groups is 1. The predicted molar refractivity (Wildman–Crippen MR) is 130 cm³/mol. The highest BCUT2D eigenvalue weighted by atomic mass is 16.5. The normalized spacial score (nSPS) is 15.4. The molecule has 0 spiro atoms. The van der Waals surface area contributed by atoms with E-state index in [4.69, 9.17) is 9.15 Å². The molecule has 1 aliphatic heterocycles. The Bertz CT molecular complexity index is 1150. The van der Waals surface area contributed by atoms with E-state index in [2.05, 4.69) is 49.1 Å². The third-order valence-corrected chi connectivity index (χ3v) is 6.51. The molecule has 3 aromatic rings. The van der Waals surface area contributed by atoms with Crippen molar-refractivity contribution in [2.75, 3.05) is 39.8 Å². The fourth-order valence-corrected chi connectivity index (χ4v) is 4.47. The number of fused-ring (bicyclic) bond motifs is 1. The Hall–Kier alpha value is -3.05. The number of likely N-dealkylation sites (N-methyl/N-ethyl adjacent to an activating group) is 1. The lowest BCUT2D eigenvalue weighted by Crippen LogP contribution is -2.48. The van der Waals surface area contributed by atoms with Crippen LogP contribution in [0.2, 0.25) is 0 Å². The number of hydrogen-bond donors (Lipinski definition) is 0. The van der Waals surface area contributed by atoms with Crippen molar-refractivity contribution in [3.05, 3.63) is 59.4 Å². The highest BCUT2D eigenvalue weighted by molar-refractivity contribution is 6.01. The second kappa shape index (κ2) is 9.21. The van der Waals surface area contributed by atoms with Gasteiger partial charge in [0.05, 0.1) is 13.4 Å². The molecule has 1 fully saturated rings. The molecule has 0 N–H and O–H groups in total. The molecule has 1 amide bonds. The topological polar surface area (TPSA) is 45.9 Å². The zero-order valence-corrected chi connectivity index (χ0v) is 19.7. The lowest BCUT2D eigenvalue weighted by Gasteiger charge is -2.33. The summed E-state index contributed by atoms with van der Waals surface area (Å²) in [5, 5.41) is 1.03. The summed E-state index contributed by atoms with van der Waals surface area (Å²) in [5.41, 5.74) is 6.94. The molecule has 1 saturated heterocycles. The maximum Gasteiger partial charge on any atom is 0.246 e. The van der Waals surface area contributed by atoms with Crippen LogP contribution >= 0.6 is 0 Å². The number of nitrogens with zero attached hydrogens (tertiary/aromatic N) is 2. The van der Waals surface area contributed by atoms with E-state index in [9.17, 15) is 4.79 Å². The second-order valence-corrected chi connectivity index (χ2v) is 8.56. The van der Waals surface area contributed by atoms with E-state index < -0.39 is 0 Å². The van der Waals surface area contributed by atoms with Gasteiger partial charge in [-0.05, 0) is 44.5 Å². The fourth-order valence-electron chi connectivity index (χ4n) is 4.47. The molecule has 0 unspecified atom stereocenters. The number of rotatable bonds is 5. The third kappa shape index (κ3) is 4.17. The van der Waals surface area contributed by atoms with Crippen molar-refractivity contribution < 1.29 is 13.9 Å². The summed E-state index contributed by atoms with van der Waals surface area (Å²) in [6.07, 6.45) is 3.55. The minimum absolute atomic E-state index is 0.0593. The molecule has 32 heavy (non-hydrogen) atoms. The van der Waals surface area contributed by atoms with E-state index in [0.717, 1.165) is 77.3 Å². The third-order valence-electron chi connectivity index (χ3n) is 6.51. The Morgan fingerprint density at radius 2 is 1.81 bits per heavy atom. The summed E-state index contributed by atoms with van der Waals surface area (Å²) < 4.78 is 11.7. The number of amides is 1.